The van der Waals surface area contributed by atoms with Crippen molar-refractivity contribution < 1.29 is 0 Å². The highest BCUT2D eigenvalue weighted by molar-refractivity contribution is 7.80. The predicted octanol–water partition coefficient (Wildman–Crippen LogP) is 6.28. The number of anilines is 1. The maximum Gasteiger partial charge on any atom is 0.174 e. The van der Waals surface area contributed by atoms with Crippen LogP contribution in [0.1, 0.15) is 45.9 Å². The minimum atomic E-state index is -0.0502. The fourth-order valence-electron chi connectivity index (χ4n) is 5.13. The quantitative estimate of drug-likeness (QED) is 0.369. The number of hydrogen-bond acceptors (Lipinski definition) is 2. The van der Waals surface area contributed by atoms with Gasteiger partial charge in [-0.3, -0.25) is 4.98 Å². The SMILES string of the molecule is Cc1cccc(C)c1-n1c(C)cc([C@H]2[C@H](c3ccccn3)NC(=S)N2c2ccccc2)c1C. The standard InChI is InChI=1S/C28H28N4S/c1-18-11-10-12-19(2)26(18)31-20(3)17-23(21(31)4)27-25(24-15-8-9-16-29-24)30-28(33)32(27)22-13-6-5-7-14-22/h5-17,25,27H,1-4H3,(H,30,33)/t25-,27-/m0/s1. The summed E-state index contributed by atoms with van der Waals surface area (Å²) < 4.78 is 2.39. The van der Waals surface area contributed by atoms with Gasteiger partial charge in [0.15, 0.2) is 5.11 Å². The van der Waals surface area contributed by atoms with Gasteiger partial charge in [0.2, 0.25) is 0 Å². The van der Waals surface area contributed by atoms with Crippen LogP contribution in [0.25, 0.3) is 5.69 Å². The van der Waals surface area contributed by atoms with Gasteiger partial charge < -0.3 is 14.8 Å². The summed E-state index contributed by atoms with van der Waals surface area (Å²) >= 11 is 5.87. The highest BCUT2D eigenvalue weighted by atomic mass is 32.1. The lowest BCUT2D eigenvalue weighted by Crippen LogP contribution is -2.29. The number of benzene rings is 2. The Kier molecular flexibility index (Phi) is 5.51. The van der Waals surface area contributed by atoms with Crippen LogP contribution in [0.3, 0.4) is 0 Å². The molecule has 4 nitrogen and oxygen atoms in total. The molecule has 0 saturated carbocycles. The lowest BCUT2D eigenvalue weighted by atomic mass is 9.96. The van der Waals surface area contributed by atoms with E-state index in [9.17, 15) is 0 Å². The molecule has 5 rings (SSSR count). The van der Waals surface area contributed by atoms with Crippen LogP contribution in [0.5, 0.6) is 0 Å². The monoisotopic (exact) mass is 452 g/mol. The van der Waals surface area contributed by atoms with Gasteiger partial charge in [-0.25, -0.2) is 0 Å². The van der Waals surface area contributed by atoms with E-state index in [1.54, 1.807) is 0 Å². The lowest BCUT2D eigenvalue weighted by Gasteiger charge is -2.28. The zero-order valence-corrected chi connectivity index (χ0v) is 20.2. The Hall–Kier alpha value is -3.44. The summed E-state index contributed by atoms with van der Waals surface area (Å²) in [4.78, 5) is 6.93. The normalized spacial score (nSPS) is 17.9. The zero-order valence-electron chi connectivity index (χ0n) is 19.4. The number of thiocarbonyl (C=S) groups is 1. The van der Waals surface area contributed by atoms with Crippen LogP contribution in [0.2, 0.25) is 0 Å². The molecule has 166 valence electrons. The fourth-order valence-corrected chi connectivity index (χ4v) is 5.47. The van der Waals surface area contributed by atoms with Crippen LogP contribution in [0, 0.1) is 27.7 Å². The van der Waals surface area contributed by atoms with Gasteiger partial charge in [0, 0.05) is 23.3 Å². The number of rotatable bonds is 4. The number of nitrogens with zero attached hydrogens (tertiary/aromatic N) is 3. The number of pyridine rings is 1. The van der Waals surface area contributed by atoms with E-state index in [2.05, 4.69) is 102 Å². The van der Waals surface area contributed by atoms with Crippen LogP contribution in [-0.4, -0.2) is 14.7 Å². The summed E-state index contributed by atoms with van der Waals surface area (Å²) in [5.41, 5.74) is 9.55. The summed E-state index contributed by atoms with van der Waals surface area (Å²) in [6.07, 6.45) is 1.85. The molecule has 4 aromatic rings. The van der Waals surface area contributed by atoms with Crippen molar-refractivity contribution in [3.05, 3.63) is 113 Å². The second-order valence-electron chi connectivity index (χ2n) is 8.73. The maximum atomic E-state index is 5.87. The van der Waals surface area contributed by atoms with Gasteiger partial charge in [-0.1, -0.05) is 42.5 Å². The molecule has 3 heterocycles. The van der Waals surface area contributed by atoms with Crippen molar-refractivity contribution in [1.29, 1.82) is 0 Å². The summed E-state index contributed by atoms with van der Waals surface area (Å²) in [6, 6.07) is 25.2. The van der Waals surface area contributed by atoms with Crippen molar-refractivity contribution >= 4 is 23.0 Å². The summed E-state index contributed by atoms with van der Waals surface area (Å²) in [5, 5.41) is 4.29. The molecular formula is C28H28N4S. The van der Waals surface area contributed by atoms with E-state index in [0.717, 1.165) is 16.5 Å². The number of aromatic nitrogens is 2. The Morgan fingerprint density at radius 3 is 2.21 bits per heavy atom. The Labute approximate surface area is 200 Å². The van der Waals surface area contributed by atoms with Gasteiger partial charge in [0.25, 0.3) is 0 Å². The molecule has 0 aliphatic carbocycles. The molecule has 0 unspecified atom stereocenters. The van der Waals surface area contributed by atoms with Crippen LogP contribution in [0.4, 0.5) is 5.69 Å². The highest BCUT2D eigenvalue weighted by Crippen LogP contribution is 2.43. The summed E-state index contributed by atoms with van der Waals surface area (Å²) in [5.74, 6) is 0. The molecule has 33 heavy (non-hydrogen) atoms. The lowest BCUT2D eigenvalue weighted by molar-refractivity contribution is 0.565. The molecule has 1 saturated heterocycles. The molecule has 0 amide bonds. The highest BCUT2D eigenvalue weighted by Gasteiger charge is 2.42. The molecule has 2 aromatic heterocycles. The van der Waals surface area contributed by atoms with Crippen LogP contribution in [0.15, 0.2) is 79.0 Å². The third-order valence-electron chi connectivity index (χ3n) is 6.58. The molecule has 2 aromatic carbocycles. The molecule has 1 N–H and O–H groups in total. The minimum absolute atomic E-state index is 0.0147. The zero-order chi connectivity index (χ0) is 23.1. The molecule has 0 spiro atoms. The van der Waals surface area contributed by atoms with Crippen molar-refractivity contribution in [2.45, 2.75) is 39.8 Å². The van der Waals surface area contributed by atoms with Crippen molar-refractivity contribution in [3.8, 4) is 5.69 Å². The maximum absolute atomic E-state index is 5.87. The van der Waals surface area contributed by atoms with E-state index in [-0.39, 0.29) is 12.1 Å². The average Bonchev–Trinajstić information content (AvgIpc) is 3.31. The number of nitrogens with one attached hydrogen (secondary N) is 1. The van der Waals surface area contributed by atoms with E-state index in [4.69, 9.17) is 12.2 Å². The first-order valence-corrected chi connectivity index (χ1v) is 11.7. The van der Waals surface area contributed by atoms with Gasteiger partial charge >= 0.3 is 0 Å². The Bertz CT molecular complexity index is 1290. The van der Waals surface area contributed by atoms with E-state index in [0.29, 0.717) is 0 Å². The third-order valence-corrected chi connectivity index (χ3v) is 6.90. The molecule has 1 aliphatic heterocycles. The molecule has 2 atom stereocenters. The van der Waals surface area contributed by atoms with E-state index >= 15 is 0 Å². The molecule has 0 radical (unpaired) electrons. The predicted molar refractivity (Wildman–Crippen MR) is 139 cm³/mol. The molecule has 0 bridgehead atoms. The van der Waals surface area contributed by atoms with Crippen molar-refractivity contribution in [2.75, 3.05) is 4.90 Å². The van der Waals surface area contributed by atoms with Gasteiger partial charge in [-0.2, -0.15) is 0 Å². The Balaban J connectivity index is 1.71. The van der Waals surface area contributed by atoms with Gasteiger partial charge in [0.1, 0.15) is 0 Å². The fraction of sp³-hybridized carbons (Fsp3) is 0.214. The smallest absolute Gasteiger partial charge is 0.174 e. The third kappa shape index (κ3) is 3.62. The van der Waals surface area contributed by atoms with Crippen molar-refractivity contribution in [2.24, 2.45) is 0 Å². The van der Waals surface area contributed by atoms with Crippen molar-refractivity contribution in [3.63, 3.8) is 0 Å². The van der Waals surface area contributed by atoms with Crippen LogP contribution >= 0.6 is 12.2 Å². The van der Waals surface area contributed by atoms with Crippen LogP contribution < -0.4 is 10.2 Å². The summed E-state index contributed by atoms with van der Waals surface area (Å²) in [6.45, 7) is 8.76. The van der Waals surface area contributed by atoms with E-state index in [1.165, 1.54) is 33.8 Å². The Morgan fingerprint density at radius 2 is 1.55 bits per heavy atom. The number of aryl methyl sites for hydroxylation is 3. The Morgan fingerprint density at radius 1 is 0.848 bits per heavy atom. The first kappa shape index (κ1) is 21.4. The molecule has 1 fully saturated rings. The second kappa shape index (κ2) is 8.49. The first-order valence-electron chi connectivity index (χ1n) is 11.3. The van der Waals surface area contributed by atoms with E-state index < -0.39 is 0 Å². The topological polar surface area (TPSA) is 33.1 Å². The largest absolute Gasteiger partial charge is 0.351 e. The molecular weight excluding hydrogens is 424 g/mol. The number of hydrogen-bond donors (Lipinski definition) is 1. The molecule has 1 aliphatic rings. The average molecular weight is 453 g/mol. The molecule has 5 heteroatoms. The summed E-state index contributed by atoms with van der Waals surface area (Å²) in [7, 11) is 0. The van der Waals surface area contributed by atoms with Crippen molar-refractivity contribution in [1.82, 2.24) is 14.9 Å². The van der Waals surface area contributed by atoms with Gasteiger partial charge in [-0.05, 0) is 86.9 Å². The first-order chi connectivity index (χ1) is 16.0. The minimum Gasteiger partial charge on any atom is -0.351 e. The van der Waals surface area contributed by atoms with Gasteiger partial charge in [0.05, 0.1) is 23.5 Å². The second-order valence-corrected chi connectivity index (χ2v) is 9.12. The van der Waals surface area contributed by atoms with Gasteiger partial charge in [-0.15, -0.1) is 0 Å². The van der Waals surface area contributed by atoms with Crippen LogP contribution in [-0.2, 0) is 0 Å². The van der Waals surface area contributed by atoms with E-state index in [1.807, 2.05) is 24.4 Å². The number of para-hydroxylation sites is 2.